The van der Waals surface area contributed by atoms with Gasteiger partial charge in [-0.2, -0.15) is 5.10 Å². The Balaban J connectivity index is 1.93. The maximum Gasteiger partial charge on any atom is 0.257 e. The molecule has 104 valence electrons. The van der Waals surface area contributed by atoms with Gasteiger partial charge in [-0.05, 0) is 17.5 Å². The predicted octanol–water partition coefficient (Wildman–Crippen LogP) is 1.12. The van der Waals surface area contributed by atoms with Crippen LogP contribution in [0.1, 0.15) is 27.5 Å². The van der Waals surface area contributed by atoms with E-state index in [9.17, 15) is 4.79 Å². The third-order valence-corrected chi connectivity index (χ3v) is 3.85. The van der Waals surface area contributed by atoms with Crippen molar-refractivity contribution in [3.05, 3.63) is 53.3 Å². The molecule has 20 heavy (non-hydrogen) atoms. The first-order valence-electron chi connectivity index (χ1n) is 6.78. The molecular formula is C15H18N4O. The molecule has 2 aromatic rings. The second-order valence-corrected chi connectivity index (χ2v) is 5.10. The number of amides is 1. The summed E-state index contributed by atoms with van der Waals surface area (Å²) in [5.74, 6) is 0.00283. The van der Waals surface area contributed by atoms with Gasteiger partial charge in [-0.1, -0.05) is 24.3 Å². The van der Waals surface area contributed by atoms with Crippen LogP contribution in [-0.4, -0.2) is 33.7 Å². The minimum atomic E-state index is -0.0485. The summed E-state index contributed by atoms with van der Waals surface area (Å²) < 4.78 is 1.64. The Labute approximate surface area is 118 Å². The van der Waals surface area contributed by atoms with Crippen molar-refractivity contribution < 1.29 is 4.79 Å². The molecule has 1 aliphatic rings. The van der Waals surface area contributed by atoms with Crippen molar-refractivity contribution >= 4 is 5.91 Å². The van der Waals surface area contributed by atoms with E-state index in [2.05, 4.69) is 17.2 Å². The van der Waals surface area contributed by atoms with E-state index >= 15 is 0 Å². The van der Waals surface area contributed by atoms with Crippen LogP contribution in [0, 0.1) is 0 Å². The van der Waals surface area contributed by atoms with Crippen LogP contribution in [0.2, 0.25) is 0 Å². The third-order valence-electron chi connectivity index (χ3n) is 3.85. The van der Waals surface area contributed by atoms with E-state index in [0.717, 1.165) is 6.42 Å². The van der Waals surface area contributed by atoms with Crippen LogP contribution in [-0.2, 0) is 13.5 Å². The molecule has 1 aromatic carbocycles. The second-order valence-electron chi connectivity index (χ2n) is 5.10. The minimum Gasteiger partial charge on any atom is -0.330 e. The van der Waals surface area contributed by atoms with E-state index < -0.39 is 0 Å². The first kappa shape index (κ1) is 12.9. The quantitative estimate of drug-likeness (QED) is 0.889. The average molecular weight is 270 g/mol. The summed E-state index contributed by atoms with van der Waals surface area (Å²) in [5, 5.41) is 4.07. The SMILES string of the molecule is Cn1cc(C(=O)N2CCc3ccccc3C2CN)cn1. The van der Waals surface area contributed by atoms with Crippen molar-refractivity contribution in [1.82, 2.24) is 14.7 Å². The van der Waals surface area contributed by atoms with Gasteiger partial charge in [0.15, 0.2) is 0 Å². The molecule has 1 aliphatic heterocycles. The summed E-state index contributed by atoms with van der Waals surface area (Å²) in [6.07, 6.45) is 4.23. The molecule has 2 heterocycles. The molecule has 1 amide bonds. The summed E-state index contributed by atoms with van der Waals surface area (Å²) in [6, 6.07) is 8.16. The normalized spacial score (nSPS) is 17.9. The minimum absolute atomic E-state index is 0.00283. The van der Waals surface area contributed by atoms with Gasteiger partial charge in [-0.3, -0.25) is 9.48 Å². The number of benzene rings is 1. The number of aryl methyl sites for hydroxylation is 1. The highest BCUT2D eigenvalue weighted by atomic mass is 16.2. The van der Waals surface area contributed by atoms with Gasteiger partial charge in [-0.25, -0.2) is 0 Å². The lowest BCUT2D eigenvalue weighted by molar-refractivity contribution is 0.0667. The number of fused-ring (bicyclic) bond motifs is 1. The van der Waals surface area contributed by atoms with E-state index in [1.807, 2.05) is 24.1 Å². The number of carbonyl (C=O) groups is 1. The largest absolute Gasteiger partial charge is 0.330 e. The maximum absolute atomic E-state index is 12.6. The van der Waals surface area contributed by atoms with Crippen molar-refractivity contribution in [3.8, 4) is 0 Å². The van der Waals surface area contributed by atoms with Crippen molar-refractivity contribution in [3.63, 3.8) is 0 Å². The monoisotopic (exact) mass is 270 g/mol. The fourth-order valence-corrected chi connectivity index (χ4v) is 2.85. The van der Waals surface area contributed by atoms with Crippen LogP contribution in [0.25, 0.3) is 0 Å². The van der Waals surface area contributed by atoms with E-state index in [1.165, 1.54) is 11.1 Å². The van der Waals surface area contributed by atoms with Crippen molar-refractivity contribution in [2.45, 2.75) is 12.5 Å². The molecule has 0 spiro atoms. The second kappa shape index (κ2) is 5.09. The molecule has 5 heteroatoms. The van der Waals surface area contributed by atoms with Crippen molar-refractivity contribution in [2.75, 3.05) is 13.1 Å². The zero-order valence-electron chi connectivity index (χ0n) is 11.5. The van der Waals surface area contributed by atoms with Gasteiger partial charge in [0.2, 0.25) is 0 Å². The molecule has 5 nitrogen and oxygen atoms in total. The molecule has 0 saturated heterocycles. The Morgan fingerprint density at radius 3 is 2.95 bits per heavy atom. The number of nitrogens with zero attached hydrogens (tertiary/aromatic N) is 3. The Kier molecular flexibility index (Phi) is 3.28. The molecule has 0 saturated carbocycles. The van der Waals surface area contributed by atoms with Crippen LogP contribution in [0.5, 0.6) is 0 Å². The summed E-state index contributed by atoms with van der Waals surface area (Å²) in [4.78, 5) is 14.5. The summed E-state index contributed by atoms with van der Waals surface area (Å²) in [7, 11) is 1.81. The van der Waals surface area contributed by atoms with Crippen LogP contribution < -0.4 is 5.73 Å². The zero-order chi connectivity index (χ0) is 14.1. The molecule has 0 aliphatic carbocycles. The highest BCUT2D eigenvalue weighted by molar-refractivity contribution is 5.94. The Bertz CT molecular complexity index is 634. The van der Waals surface area contributed by atoms with Gasteiger partial charge in [0.1, 0.15) is 0 Å². The third kappa shape index (κ3) is 2.10. The number of carbonyl (C=O) groups excluding carboxylic acids is 1. The first-order valence-corrected chi connectivity index (χ1v) is 6.78. The highest BCUT2D eigenvalue weighted by Crippen LogP contribution is 2.29. The van der Waals surface area contributed by atoms with E-state index in [4.69, 9.17) is 5.73 Å². The topological polar surface area (TPSA) is 64.2 Å². The fourth-order valence-electron chi connectivity index (χ4n) is 2.85. The lowest BCUT2D eigenvalue weighted by atomic mass is 9.92. The van der Waals surface area contributed by atoms with Gasteiger partial charge < -0.3 is 10.6 Å². The van der Waals surface area contributed by atoms with Gasteiger partial charge >= 0.3 is 0 Å². The standard InChI is InChI=1S/C15H18N4O/c1-18-10-12(9-17-18)15(20)19-7-6-11-4-2-3-5-13(11)14(19)8-16/h2-5,9-10,14H,6-8,16H2,1H3. The van der Waals surface area contributed by atoms with E-state index in [0.29, 0.717) is 18.7 Å². The van der Waals surface area contributed by atoms with Crippen molar-refractivity contribution in [2.24, 2.45) is 12.8 Å². The first-order chi connectivity index (χ1) is 9.70. The highest BCUT2D eigenvalue weighted by Gasteiger charge is 2.30. The van der Waals surface area contributed by atoms with Gasteiger partial charge in [0.25, 0.3) is 5.91 Å². The zero-order valence-corrected chi connectivity index (χ0v) is 11.5. The fraction of sp³-hybridized carbons (Fsp3) is 0.333. The Morgan fingerprint density at radius 1 is 1.45 bits per heavy atom. The number of aromatic nitrogens is 2. The summed E-state index contributed by atoms with van der Waals surface area (Å²) in [5.41, 5.74) is 8.99. The Morgan fingerprint density at radius 2 is 2.25 bits per heavy atom. The van der Waals surface area contributed by atoms with Gasteiger partial charge in [0, 0.05) is 26.3 Å². The summed E-state index contributed by atoms with van der Waals surface area (Å²) >= 11 is 0. The number of hydrogen-bond acceptors (Lipinski definition) is 3. The van der Waals surface area contributed by atoms with Crippen LogP contribution >= 0.6 is 0 Å². The number of nitrogens with two attached hydrogens (primary N) is 1. The summed E-state index contributed by atoms with van der Waals surface area (Å²) in [6.45, 7) is 1.13. The molecule has 1 aromatic heterocycles. The maximum atomic E-state index is 12.6. The van der Waals surface area contributed by atoms with Crippen molar-refractivity contribution in [1.29, 1.82) is 0 Å². The lowest BCUT2D eigenvalue weighted by Gasteiger charge is -2.36. The molecule has 0 radical (unpaired) electrons. The molecule has 1 unspecified atom stereocenters. The van der Waals surface area contributed by atoms with E-state index in [1.54, 1.807) is 17.1 Å². The molecule has 0 fully saturated rings. The van der Waals surface area contributed by atoms with Gasteiger partial charge in [-0.15, -0.1) is 0 Å². The number of hydrogen-bond donors (Lipinski definition) is 1. The molecule has 3 rings (SSSR count). The molecule has 0 bridgehead atoms. The Hall–Kier alpha value is -2.14. The molecule has 1 atom stereocenters. The van der Waals surface area contributed by atoms with Gasteiger partial charge in [0.05, 0.1) is 17.8 Å². The van der Waals surface area contributed by atoms with E-state index in [-0.39, 0.29) is 11.9 Å². The molecular weight excluding hydrogens is 252 g/mol. The number of rotatable bonds is 2. The van der Waals surface area contributed by atoms with Crippen LogP contribution in [0.3, 0.4) is 0 Å². The molecule has 2 N–H and O–H groups in total. The average Bonchev–Trinajstić information content (AvgIpc) is 2.91. The lowest BCUT2D eigenvalue weighted by Crippen LogP contribution is -2.43. The van der Waals surface area contributed by atoms with Crippen LogP contribution in [0.4, 0.5) is 0 Å². The smallest absolute Gasteiger partial charge is 0.257 e. The predicted molar refractivity (Wildman–Crippen MR) is 76.2 cm³/mol. The van der Waals surface area contributed by atoms with Crippen LogP contribution in [0.15, 0.2) is 36.7 Å².